The molecule has 0 spiro atoms. The lowest BCUT2D eigenvalue weighted by atomic mass is 9.97. The zero-order valence-electron chi connectivity index (χ0n) is 10.9. The molecule has 0 unspecified atom stereocenters. The van der Waals surface area contributed by atoms with Gasteiger partial charge in [0.25, 0.3) is 0 Å². The molecule has 0 aliphatic heterocycles. The maximum atomic E-state index is 10.1. The summed E-state index contributed by atoms with van der Waals surface area (Å²) in [7, 11) is 3.08. The summed E-state index contributed by atoms with van der Waals surface area (Å²) in [6.45, 7) is -0.149. The summed E-state index contributed by atoms with van der Waals surface area (Å²) in [6, 6.07) is 10.4. The van der Waals surface area contributed by atoms with Crippen LogP contribution in [0.3, 0.4) is 0 Å². The molecule has 2 aromatic carbocycles. The van der Waals surface area contributed by atoms with E-state index in [1.165, 1.54) is 7.11 Å². The average molecular weight is 260 g/mol. The number of aromatic hydroxyl groups is 1. The SMILES string of the molecule is COc1cccc(O)c1-c1c(CO)cccc1OC. The molecule has 2 N–H and O–H groups in total. The summed E-state index contributed by atoms with van der Waals surface area (Å²) in [6.07, 6.45) is 0. The Morgan fingerprint density at radius 2 is 1.47 bits per heavy atom. The smallest absolute Gasteiger partial charge is 0.130 e. The summed E-state index contributed by atoms with van der Waals surface area (Å²) < 4.78 is 10.6. The van der Waals surface area contributed by atoms with Crippen molar-refractivity contribution in [2.75, 3.05) is 14.2 Å². The number of methoxy groups -OCH3 is 2. The first kappa shape index (κ1) is 13.2. The fraction of sp³-hybridized carbons (Fsp3) is 0.200. The van der Waals surface area contributed by atoms with Gasteiger partial charge in [-0.2, -0.15) is 0 Å². The minimum atomic E-state index is -0.149. The minimum absolute atomic E-state index is 0.0820. The van der Waals surface area contributed by atoms with Gasteiger partial charge in [0.2, 0.25) is 0 Å². The molecule has 0 radical (unpaired) electrons. The van der Waals surface area contributed by atoms with Crippen LogP contribution in [0.15, 0.2) is 36.4 Å². The van der Waals surface area contributed by atoms with Crippen molar-refractivity contribution in [2.24, 2.45) is 0 Å². The molecule has 0 aromatic heterocycles. The van der Waals surface area contributed by atoms with Gasteiger partial charge in [0, 0.05) is 5.56 Å². The van der Waals surface area contributed by atoms with E-state index >= 15 is 0 Å². The van der Waals surface area contributed by atoms with E-state index in [4.69, 9.17) is 9.47 Å². The third-order valence-electron chi connectivity index (χ3n) is 2.98. The summed E-state index contributed by atoms with van der Waals surface area (Å²) >= 11 is 0. The fourth-order valence-corrected chi connectivity index (χ4v) is 2.10. The molecule has 0 aliphatic carbocycles. The first-order chi connectivity index (χ1) is 9.22. The average Bonchev–Trinajstić information content (AvgIpc) is 2.46. The standard InChI is InChI=1S/C15H16O4/c1-18-12-7-3-5-10(9-16)14(12)15-11(17)6-4-8-13(15)19-2/h3-8,16-17H,9H2,1-2H3. The van der Waals surface area contributed by atoms with Gasteiger partial charge in [-0.1, -0.05) is 18.2 Å². The number of aliphatic hydroxyl groups is 1. The summed E-state index contributed by atoms with van der Waals surface area (Å²) in [4.78, 5) is 0. The van der Waals surface area contributed by atoms with Crippen LogP contribution in [0.5, 0.6) is 17.2 Å². The summed E-state index contributed by atoms with van der Waals surface area (Å²) in [5.74, 6) is 1.18. The van der Waals surface area contributed by atoms with Crippen molar-refractivity contribution in [2.45, 2.75) is 6.61 Å². The number of hydrogen-bond donors (Lipinski definition) is 2. The Bertz CT molecular complexity index is 556. The highest BCUT2D eigenvalue weighted by molar-refractivity contribution is 5.83. The van der Waals surface area contributed by atoms with Crippen LogP contribution in [0.2, 0.25) is 0 Å². The number of aliphatic hydroxyl groups excluding tert-OH is 1. The van der Waals surface area contributed by atoms with Crippen molar-refractivity contribution >= 4 is 0 Å². The van der Waals surface area contributed by atoms with Crippen molar-refractivity contribution < 1.29 is 19.7 Å². The van der Waals surface area contributed by atoms with Gasteiger partial charge >= 0.3 is 0 Å². The van der Waals surface area contributed by atoms with E-state index in [0.717, 1.165) is 0 Å². The molecule has 2 aromatic rings. The molecule has 100 valence electrons. The van der Waals surface area contributed by atoms with Gasteiger partial charge in [-0.25, -0.2) is 0 Å². The number of phenolic OH excluding ortho intramolecular Hbond substituents is 1. The van der Waals surface area contributed by atoms with Gasteiger partial charge in [-0.05, 0) is 23.8 Å². The quantitative estimate of drug-likeness (QED) is 0.887. The fourth-order valence-electron chi connectivity index (χ4n) is 2.10. The van der Waals surface area contributed by atoms with Crippen LogP contribution in [0, 0.1) is 0 Å². The Kier molecular flexibility index (Phi) is 3.92. The predicted molar refractivity (Wildman–Crippen MR) is 72.6 cm³/mol. The molecular formula is C15H16O4. The van der Waals surface area contributed by atoms with Gasteiger partial charge in [-0.15, -0.1) is 0 Å². The normalized spacial score (nSPS) is 10.3. The molecule has 2 rings (SSSR count). The topological polar surface area (TPSA) is 58.9 Å². The lowest BCUT2D eigenvalue weighted by molar-refractivity contribution is 0.281. The van der Waals surface area contributed by atoms with Crippen molar-refractivity contribution in [3.8, 4) is 28.4 Å². The molecule has 0 fully saturated rings. The largest absolute Gasteiger partial charge is 0.507 e. The van der Waals surface area contributed by atoms with E-state index in [9.17, 15) is 10.2 Å². The lowest BCUT2D eigenvalue weighted by Gasteiger charge is -2.16. The molecule has 0 atom stereocenters. The van der Waals surface area contributed by atoms with Gasteiger partial charge in [0.1, 0.15) is 17.2 Å². The van der Waals surface area contributed by atoms with Crippen LogP contribution >= 0.6 is 0 Å². The third kappa shape index (κ3) is 2.35. The lowest BCUT2D eigenvalue weighted by Crippen LogP contribution is -1.97. The highest BCUT2D eigenvalue weighted by atomic mass is 16.5. The maximum Gasteiger partial charge on any atom is 0.130 e. The van der Waals surface area contributed by atoms with Gasteiger partial charge < -0.3 is 19.7 Å². The van der Waals surface area contributed by atoms with Crippen molar-refractivity contribution in [1.82, 2.24) is 0 Å². The highest BCUT2D eigenvalue weighted by Gasteiger charge is 2.18. The minimum Gasteiger partial charge on any atom is -0.507 e. The van der Waals surface area contributed by atoms with Crippen LogP contribution in [-0.2, 0) is 6.61 Å². The monoisotopic (exact) mass is 260 g/mol. The van der Waals surface area contributed by atoms with Gasteiger partial charge in [0.05, 0.1) is 26.4 Å². The van der Waals surface area contributed by atoms with E-state index in [1.54, 1.807) is 43.5 Å². The van der Waals surface area contributed by atoms with Crippen LogP contribution in [0.4, 0.5) is 0 Å². The first-order valence-electron chi connectivity index (χ1n) is 5.86. The van der Waals surface area contributed by atoms with Crippen LogP contribution in [-0.4, -0.2) is 24.4 Å². The molecule has 0 saturated carbocycles. The molecule has 0 heterocycles. The van der Waals surface area contributed by atoms with E-state index in [-0.39, 0.29) is 12.4 Å². The Labute approximate surface area is 111 Å². The highest BCUT2D eigenvalue weighted by Crippen LogP contribution is 2.43. The van der Waals surface area contributed by atoms with E-state index < -0.39 is 0 Å². The number of hydrogen-bond acceptors (Lipinski definition) is 4. The van der Waals surface area contributed by atoms with E-state index in [2.05, 4.69) is 0 Å². The molecular weight excluding hydrogens is 244 g/mol. The molecule has 19 heavy (non-hydrogen) atoms. The Balaban J connectivity index is 2.77. The number of rotatable bonds is 4. The molecule has 4 nitrogen and oxygen atoms in total. The van der Waals surface area contributed by atoms with E-state index in [1.807, 2.05) is 0 Å². The van der Waals surface area contributed by atoms with Crippen molar-refractivity contribution in [3.05, 3.63) is 42.0 Å². The molecule has 0 aliphatic rings. The second kappa shape index (κ2) is 5.63. The van der Waals surface area contributed by atoms with Crippen molar-refractivity contribution in [3.63, 3.8) is 0 Å². The van der Waals surface area contributed by atoms with Gasteiger partial charge in [-0.3, -0.25) is 0 Å². The number of benzene rings is 2. The second-order valence-electron chi connectivity index (χ2n) is 4.01. The zero-order chi connectivity index (χ0) is 13.8. The van der Waals surface area contributed by atoms with E-state index in [0.29, 0.717) is 28.2 Å². The Morgan fingerprint density at radius 3 is 2.05 bits per heavy atom. The predicted octanol–water partition coefficient (Wildman–Crippen LogP) is 2.57. The third-order valence-corrected chi connectivity index (χ3v) is 2.98. The molecule has 4 heteroatoms. The summed E-state index contributed by atoms with van der Waals surface area (Å²) in [5.41, 5.74) is 1.83. The molecule has 0 amide bonds. The van der Waals surface area contributed by atoms with Crippen LogP contribution < -0.4 is 9.47 Å². The molecule has 0 saturated heterocycles. The Morgan fingerprint density at radius 1 is 0.895 bits per heavy atom. The second-order valence-corrected chi connectivity index (χ2v) is 4.01. The summed E-state index contributed by atoms with van der Waals surface area (Å²) in [5, 5.41) is 19.6. The first-order valence-corrected chi connectivity index (χ1v) is 5.86. The molecule has 0 bridgehead atoms. The zero-order valence-corrected chi connectivity index (χ0v) is 10.9. The maximum absolute atomic E-state index is 10.1. The van der Waals surface area contributed by atoms with Crippen LogP contribution in [0.1, 0.15) is 5.56 Å². The number of ether oxygens (including phenoxy) is 2. The van der Waals surface area contributed by atoms with Crippen LogP contribution in [0.25, 0.3) is 11.1 Å². The van der Waals surface area contributed by atoms with Crippen molar-refractivity contribution in [1.29, 1.82) is 0 Å². The Hall–Kier alpha value is -2.20. The number of phenols is 1. The van der Waals surface area contributed by atoms with Gasteiger partial charge in [0.15, 0.2) is 0 Å².